The number of methoxy groups -OCH3 is 1. The lowest BCUT2D eigenvalue weighted by atomic mass is 10.2. The predicted octanol–water partition coefficient (Wildman–Crippen LogP) is 2.29. The summed E-state index contributed by atoms with van der Waals surface area (Å²) < 4.78 is 11.8. The molecule has 0 unspecified atom stereocenters. The van der Waals surface area contributed by atoms with Crippen LogP contribution in [0.4, 0.5) is 0 Å². The number of imidazole rings is 1. The van der Waals surface area contributed by atoms with Crippen molar-refractivity contribution in [2.45, 2.75) is 19.3 Å². The van der Waals surface area contributed by atoms with Crippen molar-refractivity contribution in [1.29, 1.82) is 0 Å². The standard InChI is InChI=1S/C16H18N2O5/c1-22-15(19)8-4-5-9-23-14-7-3-2-6-12(14)18-11-17-10-13(18)16(20)21/h2-3,6-7,10-11H,4-5,8-9H2,1H3,(H,20,21). The Labute approximate surface area is 133 Å². The van der Waals surface area contributed by atoms with Gasteiger partial charge in [-0.15, -0.1) is 0 Å². The summed E-state index contributed by atoms with van der Waals surface area (Å²) in [5.74, 6) is -0.739. The van der Waals surface area contributed by atoms with Crippen molar-refractivity contribution in [1.82, 2.24) is 9.55 Å². The van der Waals surface area contributed by atoms with Crippen molar-refractivity contribution < 1.29 is 24.2 Å². The maximum absolute atomic E-state index is 11.2. The molecule has 0 fully saturated rings. The van der Waals surface area contributed by atoms with Gasteiger partial charge in [-0.25, -0.2) is 9.78 Å². The van der Waals surface area contributed by atoms with Gasteiger partial charge in [-0.3, -0.25) is 9.36 Å². The molecule has 7 heteroatoms. The van der Waals surface area contributed by atoms with Crippen LogP contribution in [-0.2, 0) is 9.53 Å². The molecule has 0 spiro atoms. The Kier molecular flexibility index (Phi) is 5.74. The number of hydrogen-bond acceptors (Lipinski definition) is 5. The first-order valence-electron chi connectivity index (χ1n) is 7.18. The fourth-order valence-electron chi connectivity index (χ4n) is 2.08. The fraction of sp³-hybridized carbons (Fsp3) is 0.312. The summed E-state index contributed by atoms with van der Waals surface area (Å²) in [5.41, 5.74) is 0.669. The first-order chi connectivity index (χ1) is 11.1. The third-order valence-corrected chi connectivity index (χ3v) is 3.24. The molecule has 7 nitrogen and oxygen atoms in total. The molecule has 23 heavy (non-hydrogen) atoms. The molecule has 1 N–H and O–H groups in total. The predicted molar refractivity (Wildman–Crippen MR) is 81.9 cm³/mol. The number of carbonyl (C=O) groups excluding carboxylic acids is 1. The molecule has 0 aliphatic heterocycles. The summed E-state index contributed by atoms with van der Waals surface area (Å²) >= 11 is 0. The number of nitrogens with zero attached hydrogens (tertiary/aromatic N) is 2. The Bertz CT molecular complexity index is 681. The minimum atomic E-state index is -1.06. The van der Waals surface area contributed by atoms with Gasteiger partial charge in [0, 0.05) is 6.42 Å². The number of ether oxygens (including phenoxy) is 2. The number of unbranched alkanes of at least 4 members (excludes halogenated alkanes) is 1. The number of rotatable bonds is 8. The minimum absolute atomic E-state index is 0.0618. The molecule has 2 rings (SSSR count). The van der Waals surface area contributed by atoms with E-state index in [9.17, 15) is 14.7 Å². The molecule has 0 aliphatic rings. The van der Waals surface area contributed by atoms with E-state index in [4.69, 9.17) is 4.74 Å². The van der Waals surface area contributed by atoms with Crippen LogP contribution in [0.1, 0.15) is 29.8 Å². The minimum Gasteiger partial charge on any atom is -0.491 e. The van der Waals surface area contributed by atoms with Crippen LogP contribution < -0.4 is 4.74 Å². The number of aromatic nitrogens is 2. The summed E-state index contributed by atoms with van der Waals surface area (Å²) in [6.45, 7) is 0.422. The lowest BCUT2D eigenvalue weighted by molar-refractivity contribution is -0.140. The summed E-state index contributed by atoms with van der Waals surface area (Å²) in [6, 6.07) is 7.13. The lowest BCUT2D eigenvalue weighted by Gasteiger charge is -2.13. The second-order valence-corrected chi connectivity index (χ2v) is 4.80. The summed E-state index contributed by atoms with van der Waals surface area (Å²) in [6.07, 6.45) is 4.43. The van der Waals surface area contributed by atoms with Gasteiger partial charge in [-0.2, -0.15) is 0 Å². The molecular weight excluding hydrogens is 300 g/mol. The highest BCUT2D eigenvalue weighted by molar-refractivity contribution is 5.86. The van der Waals surface area contributed by atoms with Gasteiger partial charge in [-0.1, -0.05) is 12.1 Å². The van der Waals surface area contributed by atoms with E-state index < -0.39 is 5.97 Å². The van der Waals surface area contributed by atoms with Crippen molar-refractivity contribution in [2.24, 2.45) is 0 Å². The highest BCUT2D eigenvalue weighted by atomic mass is 16.5. The van der Waals surface area contributed by atoms with Crippen molar-refractivity contribution in [3.05, 3.63) is 42.5 Å². The van der Waals surface area contributed by atoms with E-state index in [0.29, 0.717) is 37.3 Å². The number of carboxylic acid groups (broad SMARTS) is 1. The van der Waals surface area contributed by atoms with Gasteiger partial charge in [0.2, 0.25) is 0 Å². The molecule has 0 atom stereocenters. The lowest BCUT2D eigenvalue weighted by Crippen LogP contribution is -2.08. The third kappa shape index (κ3) is 4.32. The molecule has 1 aromatic carbocycles. The molecule has 1 heterocycles. The van der Waals surface area contributed by atoms with Gasteiger partial charge < -0.3 is 14.6 Å². The number of aromatic carboxylic acids is 1. The van der Waals surface area contributed by atoms with E-state index in [0.717, 1.165) is 0 Å². The van der Waals surface area contributed by atoms with Crippen molar-refractivity contribution in [3.8, 4) is 11.4 Å². The van der Waals surface area contributed by atoms with E-state index in [-0.39, 0.29) is 11.7 Å². The summed E-state index contributed by atoms with van der Waals surface area (Å²) in [5, 5.41) is 9.18. The van der Waals surface area contributed by atoms with Crippen LogP contribution in [0.15, 0.2) is 36.8 Å². The van der Waals surface area contributed by atoms with Gasteiger partial charge >= 0.3 is 11.9 Å². The van der Waals surface area contributed by atoms with Crippen LogP contribution in [0.5, 0.6) is 5.75 Å². The number of carboxylic acids is 1. The Hall–Kier alpha value is -2.83. The van der Waals surface area contributed by atoms with Gasteiger partial charge in [0.25, 0.3) is 0 Å². The zero-order chi connectivity index (χ0) is 16.7. The molecule has 0 aliphatic carbocycles. The van der Waals surface area contributed by atoms with Crippen LogP contribution in [-0.4, -0.2) is 40.3 Å². The number of esters is 1. The SMILES string of the molecule is COC(=O)CCCCOc1ccccc1-n1cncc1C(=O)O. The molecule has 1 aromatic heterocycles. The second kappa shape index (κ2) is 7.98. The zero-order valence-electron chi connectivity index (χ0n) is 12.8. The highest BCUT2D eigenvalue weighted by Gasteiger charge is 2.14. The van der Waals surface area contributed by atoms with Crippen molar-refractivity contribution in [2.75, 3.05) is 13.7 Å². The van der Waals surface area contributed by atoms with Crippen molar-refractivity contribution >= 4 is 11.9 Å². The van der Waals surface area contributed by atoms with Crippen molar-refractivity contribution in [3.63, 3.8) is 0 Å². The topological polar surface area (TPSA) is 90.7 Å². The second-order valence-electron chi connectivity index (χ2n) is 4.80. The first kappa shape index (κ1) is 16.5. The quantitative estimate of drug-likeness (QED) is 0.593. The van der Waals surface area contributed by atoms with E-state index >= 15 is 0 Å². The first-order valence-corrected chi connectivity index (χ1v) is 7.18. The Morgan fingerprint density at radius 2 is 2.04 bits per heavy atom. The molecule has 0 amide bonds. The van der Waals surface area contributed by atoms with Gasteiger partial charge in [0.15, 0.2) is 5.69 Å². The normalized spacial score (nSPS) is 10.3. The number of para-hydroxylation sites is 2. The highest BCUT2D eigenvalue weighted by Crippen LogP contribution is 2.24. The monoisotopic (exact) mass is 318 g/mol. The van der Waals surface area contributed by atoms with E-state index in [1.807, 2.05) is 6.07 Å². The molecule has 122 valence electrons. The zero-order valence-corrected chi connectivity index (χ0v) is 12.8. The summed E-state index contributed by atoms with van der Waals surface area (Å²) in [4.78, 5) is 26.1. The van der Waals surface area contributed by atoms with E-state index in [2.05, 4.69) is 9.72 Å². The Morgan fingerprint density at radius 1 is 1.26 bits per heavy atom. The summed E-state index contributed by atoms with van der Waals surface area (Å²) in [7, 11) is 1.36. The van der Waals surface area contributed by atoms with E-state index in [1.54, 1.807) is 18.2 Å². The fourth-order valence-corrected chi connectivity index (χ4v) is 2.08. The number of benzene rings is 1. The van der Waals surface area contributed by atoms with Crippen LogP contribution >= 0.6 is 0 Å². The van der Waals surface area contributed by atoms with Gasteiger partial charge in [0.05, 0.1) is 31.9 Å². The average molecular weight is 318 g/mol. The number of hydrogen-bond donors (Lipinski definition) is 1. The van der Waals surface area contributed by atoms with Crippen LogP contribution in [0, 0.1) is 0 Å². The molecule has 0 saturated heterocycles. The van der Waals surface area contributed by atoms with E-state index in [1.165, 1.54) is 24.2 Å². The maximum Gasteiger partial charge on any atom is 0.354 e. The smallest absolute Gasteiger partial charge is 0.354 e. The Balaban J connectivity index is 2.02. The maximum atomic E-state index is 11.2. The van der Waals surface area contributed by atoms with Crippen LogP contribution in [0.3, 0.4) is 0 Å². The average Bonchev–Trinajstić information content (AvgIpc) is 3.04. The molecule has 0 radical (unpaired) electrons. The van der Waals surface area contributed by atoms with Crippen LogP contribution in [0.25, 0.3) is 5.69 Å². The molecule has 0 bridgehead atoms. The molecular formula is C16H18N2O5. The van der Waals surface area contributed by atoms with Gasteiger partial charge in [0.1, 0.15) is 5.75 Å². The van der Waals surface area contributed by atoms with Crippen LogP contribution in [0.2, 0.25) is 0 Å². The largest absolute Gasteiger partial charge is 0.491 e. The molecule has 2 aromatic rings. The molecule has 0 saturated carbocycles. The van der Waals surface area contributed by atoms with Gasteiger partial charge in [-0.05, 0) is 25.0 Å². The Morgan fingerprint density at radius 3 is 2.78 bits per heavy atom. The number of carbonyl (C=O) groups is 2. The third-order valence-electron chi connectivity index (χ3n) is 3.24.